The van der Waals surface area contributed by atoms with Crippen LogP contribution < -0.4 is 5.32 Å². The molecule has 0 unspecified atom stereocenters. The van der Waals surface area contributed by atoms with E-state index in [9.17, 15) is 19.5 Å². The Balaban J connectivity index is 1.69. The molecule has 1 saturated heterocycles. The summed E-state index contributed by atoms with van der Waals surface area (Å²) in [4.78, 5) is 43.8. The molecule has 2 aromatic rings. The highest BCUT2D eigenvalue weighted by Gasteiger charge is 2.41. The van der Waals surface area contributed by atoms with Crippen molar-refractivity contribution < 1.29 is 29.0 Å². The average molecular weight is 544 g/mol. The van der Waals surface area contributed by atoms with Gasteiger partial charge in [-0.1, -0.05) is 52.3 Å². The number of aliphatic carboxylic acids is 1. The van der Waals surface area contributed by atoms with Gasteiger partial charge in [-0.05, 0) is 36.3 Å². The van der Waals surface area contributed by atoms with Crippen LogP contribution in [-0.4, -0.2) is 77.8 Å². The van der Waals surface area contributed by atoms with Crippen molar-refractivity contribution in [2.45, 2.75) is 84.1 Å². The van der Waals surface area contributed by atoms with Gasteiger partial charge in [0.2, 0.25) is 11.8 Å². The minimum absolute atomic E-state index is 0.00286. The average Bonchev–Trinajstić information content (AvgIpc) is 3.58. The second-order valence-corrected chi connectivity index (χ2v) is 11.0. The Morgan fingerprint density at radius 1 is 1.15 bits per heavy atom. The number of H-pyrrole nitrogens is 1. The highest BCUT2D eigenvalue weighted by Crippen LogP contribution is 2.29. The topological polar surface area (TPSA) is 121 Å². The fraction of sp³-hybridized carbons (Fsp3) is 0.633. The van der Waals surface area contributed by atoms with Gasteiger partial charge in [0.05, 0.1) is 30.6 Å². The van der Waals surface area contributed by atoms with Crippen LogP contribution in [0.2, 0.25) is 0 Å². The molecule has 2 heterocycles. The summed E-state index contributed by atoms with van der Waals surface area (Å²) in [6.45, 7) is 8.76. The van der Waals surface area contributed by atoms with E-state index in [-0.39, 0.29) is 36.8 Å². The third-order valence-electron chi connectivity index (χ3n) is 8.70. The van der Waals surface area contributed by atoms with Gasteiger partial charge in [-0.3, -0.25) is 9.59 Å². The third kappa shape index (κ3) is 7.19. The first-order valence-corrected chi connectivity index (χ1v) is 14.1. The molecule has 0 radical (unpaired) electrons. The van der Waals surface area contributed by atoms with Crippen LogP contribution in [-0.2, 0) is 30.3 Å². The van der Waals surface area contributed by atoms with Crippen molar-refractivity contribution in [2.24, 2.45) is 17.8 Å². The number of amides is 2. The number of para-hydroxylation sites is 1. The van der Waals surface area contributed by atoms with Crippen molar-refractivity contribution in [3.63, 3.8) is 0 Å². The quantitative estimate of drug-likeness (QED) is 0.331. The normalized spacial score (nSPS) is 20.3. The van der Waals surface area contributed by atoms with Crippen LogP contribution in [0, 0.1) is 17.8 Å². The lowest BCUT2D eigenvalue weighted by Crippen LogP contribution is -2.52. The molecule has 9 heteroatoms. The number of likely N-dealkylation sites (tertiary alicyclic amines) is 1. The monoisotopic (exact) mass is 543 g/mol. The molecule has 7 atom stereocenters. The second-order valence-electron chi connectivity index (χ2n) is 11.0. The molecule has 39 heavy (non-hydrogen) atoms. The molecule has 0 bridgehead atoms. The van der Waals surface area contributed by atoms with Gasteiger partial charge in [0.15, 0.2) is 0 Å². The van der Waals surface area contributed by atoms with Gasteiger partial charge in [0.1, 0.15) is 6.04 Å². The zero-order valence-electron chi connectivity index (χ0n) is 24.1. The van der Waals surface area contributed by atoms with Gasteiger partial charge in [-0.2, -0.15) is 0 Å². The van der Waals surface area contributed by atoms with E-state index in [1.165, 1.54) is 0 Å². The van der Waals surface area contributed by atoms with Crippen LogP contribution in [0.3, 0.4) is 0 Å². The molecule has 216 valence electrons. The molecule has 1 aliphatic heterocycles. The number of hydrogen-bond acceptors (Lipinski definition) is 5. The lowest BCUT2D eigenvalue weighted by Gasteiger charge is -2.35. The van der Waals surface area contributed by atoms with Crippen molar-refractivity contribution in [2.75, 3.05) is 20.8 Å². The molecule has 0 saturated carbocycles. The summed E-state index contributed by atoms with van der Waals surface area (Å²) in [7, 11) is 3.19. The number of methoxy groups -OCH3 is 2. The molecule has 2 amide bonds. The Kier molecular flexibility index (Phi) is 10.9. The number of nitrogens with one attached hydrogen (secondary N) is 2. The summed E-state index contributed by atoms with van der Waals surface area (Å²) in [6, 6.07) is 6.29. The van der Waals surface area contributed by atoms with Gasteiger partial charge in [0, 0.05) is 44.3 Å². The summed E-state index contributed by atoms with van der Waals surface area (Å²) in [5, 5.41) is 13.5. The third-order valence-corrected chi connectivity index (χ3v) is 8.70. The predicted octanol–water partition coefficient (Wildman–Crippen LogP) is 4.01. The molecule has 0 aliphatic carbocycles. The van der Waals surface area contributed by atoms with Gasteiger partial charge >= 0.3 is 5.97 Å². The number of hydrogen-bond donors (Lipinski definition) is 3. The number of aromatic nitrogens is 1. The van der Waals surface area contributed by atoms with Crippen molar-refractivity contribution in [3.05, 3.63) is 36.0 Å². The smallest absolute Gasteiger partial charge is 0.326 e. The van der Waals surface area contributed by atoms with E-state index in [1.807, 2.05) is 29.2 Å². The Morgan fingerprint density at radius 3 is 2.51 bits per heavy atom. The molecule has 3 N–H and O–H groups in total. The number of aromatic amines is 1. The summed E-state index contributed by atoms with van der Waals surface area (Å²) >= 11 is 0. The first-order chi connectivity index (χ1) is 18.6. The van der Waals surface area contributed by atoms with Crippen molar-refractivity contribution in [1.29, 1.82) is 0 Å². The fourth-order valence-electron chi connectivity index (χ4n) is 5.82. The Labute approximate surface area is 231 Å². The lowest BCUT2D eigenvalue weighted by molar-refractivity contribution is -0.145. The minimum atomic E-state index is -1.10. The van der Waals surface area contributed by atoms with Gasteiger partial charge < -0.3 is 29.8 Å². The number of nitrogens with zero attached hydrogens (tertiary/aromatic N) is 1. The molecule has 1 fully saturated rings. The van der Waals surface area contributed by atoms with Gasteiger partial charge in [-0.15, -0.1) is 0 Å². The second kappa shape index (κ2) is 13.9. The van der Waals surface area contributed by atoms with Crippen LogP contribution in [0.5, 0.6) is 0 Å². The summed E-state index contributed by atoms with van der Waals surface area (Å²) in [6.07, 6.45) is 4.02. The molecule has 1 aromatic heterocycles. The zero-order chi connectivity index (χ0) is 28.7. The standard InChI is InChI=1S/C30H45N3O6/c1-7-18(2)19(3)26(38-5)16-27(34)33-14-10-13-25(33)28(39-6)20(4)29(35)32-24(30(36)37)15-21-17-31-23-12-9-8-11-22(21)23/h8-9,11-12,17-20,24-26,28,31H,7,10,13-16H2,1-6H3,(H,32,35)(H,36,37)/t18-,19-,20+,24-,25-,26+,28+/m0/s1. The molecular formula is C30H45N3O6. The summed E-state index contributed by atoms with van der Waals surface area (Å²) in [5.41, 5.74) is 1.73. The maximum Gasteiger partial charge on any atom is 0.326 e. The maximum absolute atomic E-state index is 13.4. The molecule has 1 aliphatic rings. The van der Waals surface area contributed by atoms with Gasteiger partial charge in [0.25, 0.3) is 0 Å². The van der Waals surface area contributed by atoms with Crippen molar-refractivity contribution in [1.82, 2.24) is 15.2 Å². The Hall–Kier alpha value is -2.91. The Bertz CT molecular complexity index is 1120. The first kappa shape index (κ1) is 30.6. The highest BCUT2D eigenvalue weighted by molar-refractivity contribution is 5.87. The van der Waals surface area contributed by atoms with Crippen LogP contribution in [0.1, 0.15) is 58.9 Å². The number of carbonyl (C=O) groups excluding carboxylic acids is 2. The number of fused-ring (bicyclic) bond motifs is 1. The summed E-state index contributed by atoms with van der Waals surface area (Å²) < 4.78 is 11.5. The molecule has 1 aromatic carbocycles. The largest absolute Gasteiger partial charge is 0.480 e. The maximum atomic E-state index is 13.4. The van der Waals surface area contributed by atoms with E-state index in [0.717, 1.165) is 35.7 Å². The van der Waals surface area contributed by atoms with E-state index in [4.69, 9.17) is 9.47 Å². The van der Waals surface area contributed by atoms with E-state index in [0.29, 0.717) is 12.5 Å². The van der Waals surface area contributed by atoms with E-state index >= 15 is 0 Å². The number of benzene rings is 1. The molecule has 0 spiro atoms. The minimum Gasteiger partial charge on any atom is -0.480 e. The number of carbonyl (C=O) groups is 3. The van der Waals surface area contributed by atoms with Crippen LogP contribution in [0.25, 0.3) is 10.9 Å². The number of carboxylic acid groups (broad SMARTS) is 1. The van der Waals surface area contributed by atoms with Crippen LogP contribution in [0.15, 0.2) is 30.5 Å². The molecule has 9 nitrogen and oxygen atoms in total. The van der Waals surface area contributed by atoms with Gasteiger partial charge in [-0.25, -0.2) is 4.79 Å². The zero-order valence-corrected chi connectivity index (χ0v) is 24.1. The number of rotatable bonds is 14. The van der Waals surface area contributed by atoms with E-state index in [1.54, 1.807) is 27.3 Å². The van der Waals surface area contributed by atoms with Crippen molar-refractivity contribution >= 4 is 28.7 Å². The van der Waals surface area contributed by atoms with E-state index < -0.39 is 29.9 Å². The number of ether oxygens (including phenoxy) is 2. The number of carboxylic acids is 1. The summed E-state index contributed by atoms with van der Waals surface area (Å²) in [5.74, 6) is -1.51. The van der Waals surface area contributed by atoms with Crippen LogP contribution >= 0.6 is 0 Å². The van der Waals surface area contributed by atoms with Crippen LogP contribution in [0.4, 0.5) is 0 Å². The van der Waals surface area contributed by atoms with E-state index in [2.05, 4.69) is 31.1 Å². The fourth-order valence-corrected chi connectivity index (χ4v) is 5.82. The predicted molar refractivity (Wildman–Crippen MR) is 150 cm³/mol. The van der Waals surface area contributed by atoms with Crippen molar-refractivity contribution in [3.8, 4) is 0 Å². The molecular weight excluding hydrogens is 498 g/mol. The molecule has 3 rings (SSSR count). The highest BCUT2D eigenvalue weighted by atomic mass is 16.5. The Morgan fingerprint density at radius 2 is 1.87 bits per heavy atom. The first-order valence-electron chi connectivity index (χ1n) is 14.1. The SMILES string of the molecule is CC[C@H](C)[C@H](C)[C@@H](CC(=O)N1CCC[C@H]1[C@H](OC)[C@@H](C)C(=O)N[C@@H](Cc1c[nH]c2ccccc12)C(=O)O)OC. The lowest BCUT2D eigenvalue weighted by atomic mass is 9.87.